The fourth-order valence-corrected chi connectivity index (χ4v) is 6.37. The predicted molar refractivity (Wildman–Crippen MR) is 125 cm³/mol. The molecule has 2 aromatic carbocycles. The maximum Gasteiger partial charge on any atom is 0.235 e. The first kappa shape index (κ1) is 21.0. The van der Waals surface area contributed by atoms with Gasteiger partial charge in [0, 0.05) is 25.9 Å². The number of fused-ring (bicyclic) bond motifs is 1. The zero-order valence-corrected chi connectivity index (χ0v) is 19.1. The van der Waals surface area contributed by atoms with Gasteiger partial charge in [0.15, 0.2) is 0 Å². The molecule has 3 aliphatic rings. The van der Waals surface area contributed by atoms with Gasteiger partial charge < -0.3 is 9.80 Å². The van der Waals surface area contributed by atoms with Crippen LogP contribution in [-0.2, 0) is 19.6 Å². The van der Waals surface area contributed by atoms with Crippen LogP contribution in [0.1, 0.15) is 33.1 Å². The first-order valence-electron chi connectivity index (χ1n) is 11.1. The van der Waals surface area contributed by atoms with Crippen LogP contribution >= 0.6 is 0 Å². The number of rotatable bonds is 3. The number of carbonyl (C=O) groups is 2. The lowest BCUT2D eigenvalue weighted by atomic mass is 9.99. The van der Waals surface area contributed by atoms with Gasteiger partial charge in [-0.3, -0.25) is 13.9 Å². The van der Waals surface area contributed by atoms with Gasteiger partial charge in [-0.15, -0.1) is 0 Å². The first-order chi connectivity index (χ1) is 15.3. The molecule has 2 amide bonds. The average Bonchev–Trinajstić information content (AvgIpc) is 3.54. The summed E-state index contributed by atoms with van der Waals surface area (Å²) in [5, 5.41) is 0. The Balaban J connectivity index is 1.57. The summed E-state index contributed by atoms with van der Waals surface area (Å²) in [5.41, 5.74) is 3.90. The first-order valence-corrected chi connectivity index (χ1v) is 12.7. The van der Waals surface area contributed by atoms with E-state index in [9.17, 15) is 18.0 Å². The number of nitrogens with zero attached hydrogens (tertiary/aromatic N) is 3. The summed E-state index contributed by atoms with van der Waals surface area (Å²) in [6.45, 7) is 4.47. The third kappa shape index (κ3) is 3.56. The maximum atomic E-state index is 13.0. The van der Waals surface area contributed by atoms with E-state index < -0.39 is 10.0 Å². The second kappa shape index (κ2) is 7.62. The molecule has 0 spiro atoms. The highest BCUT2D eigenvalue weighted by molar-refractivity contribution is 7.93. The van der Waals surface area contributed by atoms with Crippen molar-refractivity contribution in [1.29, 1.82) is 0 Å². The number of hydrogen-bond acceptors (Lipinski definition) is 4. The van der Waals surface area contributed by atoms with Gasteiger partial charge in [-0.05, 0) is 61.6 Å². The molecule has 0 bridgehead atoms. The molecule has 168 valence electrons. The number of benzene rings is 2. The van der Waals surface area contributed by atoms with Crippen molar-refractivity contribution in [3.8, 4) is 11.1 Å². The Morgan fingerprint density at radius 3 is 2.41 bits per heavy atom. The van der Waals surface area contributed by atoms with Gasteiger partial charge in [0.05, 0.1) is 28.9 Å². The minimum absolute atomic E-state index is 0.0498. The molecule has 1 unspecified atom stereocenters. The zero-order valence-electron chi connectivity index (χ0n) is 18.3. The van der Waals surface area contributed by atoms with Crippen molar-refractivity contribution in [3.05, 3.63) is 42.5 Å². The molecule has 0 radical (unpaired) electrons. The van der Waals surface area contributed by atoms with Crippen molar-refractivity contribution in [1.82, 2.24) is 0 Å². The number of sulfonamides is 1. The second-order valence-electron chi connectivity index (χ2n) is 8.96. The Bertz CT molecular complexity index is 1210. The summed E-state index contributed by atoms with van der Waals surface area (Å²) in [6, 6.07) is 13.2. The Morgan fingerprint density at radius 1 is 1.00 bits per heavy atom. The van der Waals surface area contributed by atoms with Crippen molar-refractivity contribution in [2.75, 3.05) is 32.9 Å². The number of carbonyl (C=O) groups excluding carboxylic acids is 2. The van der Waals surface area contributed by atoms with Crippen molar-refractivity contribution in [2.24, 2.45) is 5.92 Å². The maximum absolute atomic E-state index is 13.0. The van der Waals surface area contributed by atoms with Gasteiger partial charge in [0.2, 0.25) is 21.8 Å². The molecule has 1 saturated heterocycles. The van der Waals surface area contributed by atoms with Gasteiger partial charge in [0.25, 0.3) is 0 Å². The molecule has 7 nitrogen and oxygen atoms in total. The Hall–Kier alpha value is -2.87. The van der Waals surface area contributed by atoms with E-state index >= 15 is 0 Å². The van der Waals surface area contributed by atoms with E-state index in [1.165, 1.54) is 4.31 Å². The molecule has 5 rings (SSSR count). The van der Waals surface area contributed by atoms with Crippen LogP contribution in [0.2, 0.25) is 0 Å². The smallest absolute Gasteiger partial charge is 0.235 e. The monoisotopic (exact) mass is 453 g/mol. The molecular formula is C24H27N3O4S. The summed E-state index contributed by atoms with van der Waals surface area (Å²) in [4.78, 5) is 29.0. The molecular weight excluding hydrogens is 426 g/mol. The van der Waals surface area contributed by atoms with E-state index in [0.29, 0.717) is 25.2 Å². The largest absolute Gasteiger partial charge is 0.308 e. The molecule has 0 aromatic heterocycles. The highest BCUT2D eigenvalue weighted by atomic mass is 32.2. The SMILES string of the molecule is CC(=O)N1c2ccc(-c3cccc(N4CCCS4(=O)=O)c3)cc2N(C(=O)C2CC2)CC1C. The molecule has 2 heterocycles. The summed E-state index contributed by atoms with van der Waals surface area (Å²) in [7, 11) is -3.26. The number of amides is 2. The Kier molecular flexibility index (Phi) is 5.00. The summed E-state index contributed by atoms with van der Waals surface area (Å²) < 4.78 is 26.2. The molecule has 1 atom stereocenters. The van der Waals surface area contributed by atoms with E-state index in [2.05, 4.69) is 0 Å². The van der Waals surface area contributed by atoms with E-state index in [0.717, 1.165) is 35.3 Å². The molecule has 1 aliphatic carbocycles. The summed E-state index contributed by atoms with van der Waals surface area (Å²) in [5.74, 6) is 0.320. The topological polar surface area (TPSA) is 78.0 Å². The van der Waals surface area contributed by atoms with Crippen LogP contribution in [0.25, 0.3) is 11.1 Å². The van der Waals surface area contributed by atoms with Gasteiger partial charge in [-0.2, -0.15) is 0 Å². The van der Waals surface area contributed by atoms with E-state index in [1.807, 2.05) is 54.3 Å². The van der Waals surface area contributed by atoms with Crippen LogP contribution in [0.15, 0.2) is 42.5 Å². The van der Waals surface area contributed by atoms with Crippen LogP contribution in [0.4, 0.5) is 17.1 Å². The predicted octanol–water partition coefficient (Wildman–Crippen LogP) is 3.39. The lowest BCUT2D eigenvalue weighted by Gasteiger charge is -2.41. The van der Waals surface area contributed by atoms with Gasteiger partial charge in [-0.25, -0.2) is 8.42 Å². The fraction of sp³-hybridized carbons (Fsp3) is 0.417. The molecule has 8 heteroatoms. The summed E-state index contributed by atoms with van der Waals surface area (Å²) in [6.07, 6.45) is 2.46. The van der Waals surface area contributed by atoms with Crippen molar-refractivity contribution in [3.63, 3.8) is 0 Å². The summed E-state index contributed by atoms with van der Waals surface area (Å²) >= 11 is 0. The lowest BCUT2D eigenvalue weighted by molar-refractivity contribution is -0.120. The second-order valence-corrected chi connectivity index (χ2v) is 11.0. The van der Waals surface area contributed by atoms with Crippen LogP contribution in [0, 0.1) is 5.92 Å². The quantitative estimate of drug-likeness (QED) is 0.714. The molecule has 2 fully saturated rings. The highest BCUT2D eigenvalue weighted by Crippen LogP contribution is 2.42. The molecule has 32 heavy (non-hydrogen) atoms. The van der Waals surface area contributed by atoms with E-state index in [4.69, 9.17) is 0 Å². The third-order valence-electron chi connectivity index (χ3n) is 6.51. The van der Waals surface area contributed by atoms with E-state index in [1.54, 1.807) is 11.8 Å². The molecule has 2 aliphatic heterocycles. The fourth-order valence-electron chi connectivity index (χ4n) is 4.81. The third-order valence-corrected chi connectivity index (χ3v) is 8.38. The van der Waals surface area contributed by atoms with Gasteiger partial charge >= 0.3 is 0 Å². The molecule has 1 saturated carbocycles. The minimum Gasteiger partial charge on any atom is -0.308 e. The zero-order chi connectivity index (χ0) is 22.6. The Morgan fingerprint density at radius 2 is 1.75 bits per heavy atom. The average molecular weight is 454 g/mol. The van der Waals surface area contributed by atoms with Gasteiger partial charge in [-0.1, -0.05) is 18.2 Å². The van der Waals surface area contributed by atoms with Crippen LogP contribution in [0.5, 0.6) is 0 Å². The Labute approximate surface area is 188 Å². The lowest BCUT2D eigenvalue weighted by Crippen LogP contribution is -2.51. The number of hydrogen-bond donors (Lipinski definition) is 0. The molecule has 0 N–H and O–H groups in total. The van der Waals surface area contributed by atoms with Crippen LogP contribution < -0.4 is 14.1 Å². The molecule has 2 aromatic rings. The van der Waals surface area contributed by atoms with Crippen LogP contribution in [-0.4, -0.2) is 45.1 Å². The van der Waals surface area contributed by atoms with Crippen molar-refractivity contribution >= 4 is 38.9 Å². The number of anilines is 3. The van der Waals surface area contributed by atoms with Crippen molar-refractivity contribution < 1.29 is 18.0 Å². The standard InChI is InChI=1S/C24H27N3O4S/c1-16-15-25(24(29)18-7-8-18)23-14-20(9-10-22(23)27(16)17(2)28)19-5-3-6-21(13-19)26-11-4-12-32(26,30)31/h3,5-6,9-10,13-14,16,18H,4,7-8,11-12,15H2,1-2H3. The van der Waals surface area contributed by atoms with Gasteiger partial charge in [0.1, 0.15) is 0 Å². The van der Waals surface area contributed by atoms with Crippen molar-refractivity contribution in [2.45, 2.75) is 39.2 Å². The highest BCUT2D eigenvalue weighted by Gasteiger charge is 2.39. The van der Waals surface area contributed by atoms with Crippen LogP contribution in [0.3, 0.4) is 0 Å². The normalized spacial score (nSPS) is 22.1. The minimum atomic E-state index is -3.26. The van der Waals surface area contributed by atoms with E-state index in [-0.39, 0.29) is 29.5 Å².